The van der Waals surface area contributed by atoms with Gasteiger partial charge in [-0.3, -0.25) is 4.79 Å². The van der Waals surface area contributed by atoms with Gasteiger partial charge in [-0.15, -0.1) is 11.3 Å². The minimum Gasteiger partial charge on any atom is -0.320 e. The van der Waals surface area contributed by atoms with Crippen LogP contribution in [0.4, 0.5) is 10.1 Å². The molecule has 1 heterocycles. The third-order valence-corrected chi connectivity index (χ3v) is 5.63. The topological polar surface area (TPSA) is 29.1 Å². The second-order valence-corrected chi connectivity index (χ2v) is 6.94. The molecule has 0 spiro atoms. The first-order chi connectivity index (χ1) is 8.47. The first-order valence-electron chi connectivity index (χ1n) is 4.68. The van der Waals surface area contributed by atoms with Gasteiger partial charge in [0, 0.05) is 4.47 Å². The Morgan fingerprint density at radius 3 is 2.67 bits per heavy atom. The molecule has 1 amide bonds. The van der Waals surface area contributed by atoms with Crippen LogP contribution in [0, 0.1) is 5.82 Å². The minimum atomic E-state index is -0.455. The molecule has 2 rings (SSSR count). The molecule has 1 aromatic heterocycles. The average Bonchev–Trinajstić information content (AvgIpc) is 2.64. The Bertz CT molecular complexity index is 598. The zero-order valence-electron chi connectivity index (χ0n) is 8.64. The molecule has 0 saturated carbocycles. The Morgan fingerprint density at radius 1 is 1.33 bits per heavy atom. The number of hydrogen-bond acceptors (Lipinski definition) is 2. The molecule has 0 unspecified atom stereocenters. The van der Waals surface area contributed by atoms with Crippen LogP contribution in [0.2, 0.25) is 5.02 Å². The van der Waals surface area contributed by atoms with E-state index in [4.69, 9.17) is 11.6 Å². The summed E-state index contributed by atoms with van der Waals surface area (Å²) >= 11 is 13.7. The van der Waals surface area contributed by atoms with Crippen LogP contribution < -0.4 is 5.32 Å². The monoisotopic (exact) mass is 411 g/mol. The molecule has 0 atom stereocenters. The van der Waals surface area contributed by atoms with E-state index in [1.807, 2.05) is 0 Å². The van der Waals surface area contributed by atoms with E-state index in [9.17, 15) is 9.18 Å². The molecule has 0 saturated heterocycles. The summed E-state index contributed by atoms with van der Waals surface area (Å²) in [4.78, 5) is 12.4. The Kier molecular flexibility index (Phi) is 4.42. The second kappa shape index (κ2) is 5.69. The summed E-state index contributed by atoms with van der Waals surface area (Å²) in [5.41, 5.74) is 0.252. The highest BCUT2D eigenvalue weighted by Crippen LogP contribution is 2.33. The zero-order chi connectivity index (χ0) is 13.3. The average molecular weight is 413 g/mol. The predicted octanol–water partition coefficient (Wildman–Crippen LogP) is 5.32. The molecule has 2 aromatic rings. The SMILES string of the molecule is O=C(Nc1cc(F)ccc1Cl)c1cc(Br)c(Br)s1. The van der Waals surface area contributed by atoms with Crippen molar-refractivity contribution >= 4 is 66.4 Å². The highest BCUT2D eigenvalue weighted by Gasteiger charge is 2.13. The van der Waals surface area contributed by atoms with Gasteiger partial charge in [-0.1, -0.05) is 11.6 Å². The second-order valence-electron chi connectivity index (χ2n) is 3.31. The van der Waals surface area contributed by atoms with Crippen molar-refractivity contribution in [1.82, 2.24) is 0 Å². The number of benzene rings is 1. The summed E-state index contributed by atoms with van der Waals surface area (Å²) in [6.07, 6.45) is 0. The van der Waals surface area contributed by atoms with Crippen LogP contribution in [0.25, 0.3) is 0 Å². The normalized spacial score (nSPS) is 10.4. The smallest absolute Gasteiger partial charge is 0.265 e. The molecule has 2 nitrogen and oxygen atoms in total. The predicted molar refractivity (Wildman–Crippen MR) is 79.1 cm³/mol. The van der Waals surface area contributed by atoms with E-state index >= 15 is 0 Å². The fourth-order valence-corrected chi connectivity index (χ4v) is 3.33. The molecule has 0 aliphatic rings. The fraction of sp³-hybridized carbons (Fsp3) is 0. The summed E-state index contributed by atoms with van der Waals surface area (Å²) in [7, 11) is 0. The first kappa shape index (κ1) is 14.0. The number of carbonyl (C=O) groups excluding carboxylic acids is 1. The van der Waals surface area contributed by atoms with Crippen molar-refractivity contribution in [2.75, 3.05) is 5.32 Å². The Morgan fingerprint density at radius 2 is 2.06 bits per heavy atom. The molecule has 0 aliphatic carbocycles. The van der Waals surface area contributed by atoms with Crippen LogP contribution in [0.15, 0.2) is 32.5 Å². The van der Waals surface area contributed by atoms with Crippen molar-refractivity contribution in [3.8, 4) is 0 Å². The highest BCUT2D eigenvalue weighted by molar-refractivity contribution is 9.13. The van der Waals surface area contributed by atoms with Gasteiger partial charge >= 0.3 is 0 Å². The number of anilines is 1. The van der Waals surface area contributed by atoms with Gasteiger partial charge in [0.25, 0.3) is 5.91 Å². The maximum atomic E-state index is 13.0. The van der Waals surface area contributed by atoms with Gasteiger partial charge in [-0.25, -0.2) is 4.39 Å². The lowest BCUT2D eigenvalue weighted by Gasteiger charge is -2.05. The quantitative estimate of drug-likeness (QED) is 0.710. The van der Waals surface area contributed by atoms with Crippen molar-refractivity contribution < 1.29 is 9.18 Å². The first-order valence-corrected chi connectivity index (χ1v) is 7.46. The third kappa shape index (κ3) is 3.12. The van der Waals surface area contributed by atoms with Crippen molar-refractivity contribution in [2.24, 2.45) is 0 Å². The summed E-state index contributed by atoms with van der Waals surface area (Å²) < 4.78 is 14.7. The largest absolute Gasteiger partial charge is 0.320 e. The lowest BCUT2D eigenvalue weighted by Crippen LogP contribution is -2.10. The summed E-state index contributed by atoms with van der Waals surface area (Å²) in [6.45, 7) is 0. The Balaban J connectivity index is 2.23. The molecular formula is C11H5Br2ClFNOS. The molecule has 0 bridgehead atoms. The van der Waals surface area contributed by atoms with E-state index in [-0.39, 0.29) is 11.6 Å². The third-order valence-electron chi connectivity index (χ3n) is 2.05. The number of carbonyl (C=O) groups is 1. The molecule has 0 radical (unpaired) electrons. The molecular weight excluding hydrogens is 408 g/mol. The standard InChI is InChI=1S/C11H5Br2ClFNOS/c12-6-4-9(18-10(6)13)11(17)16-8-3-5(15)1-2-7(8)14/h1-4H,(H,16,17). The maximum absolute atomic E-state index is 13.0. The van der Waals surface area contributed by atoms with Crippen molar-refractivity contribution in [1.29, 1.82) is 0 Å². The van der Waals surface area contributed by atoms with Gasteiger partial charge in [-0.05, 0) is 56.1 Å². The van der Waals surface area contributed by atoms with E-state index in [1.54, 1.807) is 6.07 Å². The number of rotatable bonds is 2. The van der Waals surface area contributed by atoms with Crippen LogP contribution in [0.5, 0.6) is 0 Å². The number of amides is 1. The number of halogens is 4. The van der Waals surface area contributed by atoms with E-state index in [0.29, 0.717) is 9.90 Å². The van der Waals surface area contributed by atoms with Gasteiger partial charge in [0.1, 0.15) is 5.82 Å². The van der Waals surface area contributed by atoms with E-state index < -0.39 is 5.82 Å². The van der Waals surface area contributed by atoms with Crippen molar-refractivity contribution in [3.05, 3.63) is 48.2 Å². The van der Waals surface area contributed by atoms with Gasteiger partial charge < -0.3 is 5.32 Å². The van der Waals surface area contributed by atoms with Crippen LogP contribution in [-0.2, 0) is 0 Å². The van der Waals surface area contributed by atoms with Crippen molar-refractivity contribution in [2.45, 2.75) is 0 Å². The van der Waals surface area contributed by atoms with Gasteiger partial charge in [0.15, 0.2) is 0 Å². The van der Waals surface area contributed by atoms with Gasteiger partial charge in [-0.2, -0.15) is 0 Å². The fourth-order valence-electron chi connectivity index (χ4n) is 1.24. The van der Waals surface area contributed by atoms with E-state index in [2.05, 4.69) is 37.2 Å². The molecule has 18 heavy (non-hydrogen) atoms. The van der Waals surface area contributed by atoms with Crippen LogP contribution in [-0.4, -0.2) is 5.91 Å². The van der Waals surface area contributed by atoms with Crippen molar-refractivity contribution in [3.63, 3.8) is 0 Å². The summed E-state index contributed by atoms with van der Waals surface area (Å²) in [5, 5.41) is 2.86. The molecule has 94 valence electrons. The molecule has 0 aliphatic heterocycles. The lowest BCUT2D eigenvalue weighted by atomic mass is 10.3. The number of thiophene rings is 1. The van der Waals surface area contributed by atoms with Gasteiger partial charge in [0.2, 0.25) is 0 Å². The lowest BCUT2D eigenvalue weighted by molar-refractivity contribution is 0.103. The van der Waals surface area contributed by atoms with E-state index in [1.165, 1.54) is 29.5 Å². The highest BCUT2D eigenvalue weighted by atomic mass is 79.9. The molecule has 7 heteroatoms. The summed E-state index contributed by atoms with van der Waals surface area (Å²) in [5.74, 6) is -0.790. The zero-order valence-corrected chi connectivity index (χ0v) is 13.4. The van der Waals surface area contributed by atoms with Crippen LogP contribution >= 0.6 is 54.8 Å². The van der Waals surface area contributed by atoms with Crippen LogP contribution in [0.1, 0.15) is 9.67 Å². The van der Waals surface area contributed by atoms with Crippen LogP contribution in [0.3, 0.4) is 0 Å². The maximum Gasteiger partial charge on any atom is 0.265 e. The molecule has 1 aromatic carbocycles. The number of hydrogen-bond donors (Lipinski definition) is 1. The minimum absolute atomic E-state index is 0.252. The Labute approximate surface area is 128 Å². The van der Waals surface area contributed by atoms with Gasteiger partial charge in [0.05, 0.1) is 19.4 Å². The van der Waals surface area contributed by atoms with E-state index in [0.717, 1.165) is 8.26 Å². The summed E-state index contributed by atoms with van der Waals surface area (Å²) in [6, 6.07) is 5.48. The molecule has 0 fully saturated rings. The Hall–Kier alpha value is -0.430. The number of nitrogens with one attached hydrogen (secondary N) is 1. The molecule has 1 N–H and O–H groups in total.